The molecule has 3 rings (SSSR count). The van der Waals surface area contributed by atoms with Gasteiger partial charge in [0.05, 0.1) is 0 Å². The minimum Gasteiger partial charge on any atom is -0.270 e. The molecule has 0 saturated carbocycles. The Bertz CT molecular complexity index is 577. The van der Waals surface area contributed by atoms with Gasteiger partial charge >= 0.3 is 26.2 Å². The van der Waals surface area contributed by atoms with E-state index in [1.807, 2.05) is 0 Å². The molecule has 2 aromatic rings. The predicted molar refractivity (Wildman–Crippen MR) is 89.7 cm³/mol. The molecule has 1 aliphatic carbocycles. The van der Waals surface area contributed by atoms with Crippen LogP contribution < -0.4 is 0 Å². The number of allylic oxidation sites excluding steroid dienone is 4. The summed E-state index contributed by atoms with van der Waals surface area (Å²) in [6.45, 7) is 6.38. The molecule has 0 bridgehead atoms. The molecule has 0 heterocycles. The number of hydrogen-bond donors (Lipinski definition) is 0. The Hall–Kier alpha value is -0.227. The standard InChI is InChI=1S/C11H11.C6H7.2ClH.Zr/c1-8-4-3-5-10-7-6-9(2)11(8)10;1-6-4-2-3-5-6;;;/h3-7H,1-2H3;2,4H,3H2,1H3;2*1H;/q2*-1;;;+2. The number of benzene rings is 1. The average molecular weight is 386 g/mol. The van der Waals surface area contributed by atoms with E-state index in [0.717, 1.165) is 6.42 Å². The zero-order valence-corrected chi connectivity index (χ0v) is 16.2. The Kier molecular flexibility index (Phi) is 11.6. The van der Waals surface area contributed by atoms with Crippen molar-refractivity contribution in [2.45, 2.75) is 27.2 Å². The van der Waals surface area contributed by atoms with Gasteiger partial charge in [-0.25, -0.2) is 11.6 Å². The zero-order valence-electron chi connectivity index (χ0n) is 12.1. The van der Waals surface area contributed by atoms with Crippen LogP contribution in [0.5, 0.6) is 0 Å². The Morgan fingerprint density at radius 2 is 1.80 bits per heavy atom. The first-order valence-electron chi connectivity index (χ1n) is 6.04. The number of aryl methyl sites for hydroxylation is 2. The Balaban J connectivity index is 0. The number of fused-ring (bicyclic) bond motifs is 1. The maximum atomic E-state index is 3.12. The van der Waals surface area contributed by atoms with Crippen molar-refractivity contribution >= 4 is 35.6 Å². The van der Waals surface area contributed by atoms with Gasteiger partial charge in [-0.1, -0.05) is 26.8 Å². The summed E-state index contributed by atoms with van der Waals surface area (Å²) in [7, 11) is 0. The normalized spacial score (nSPS) is 11.4. The molecule has 0 radical (unpaired) electrons. The van der Waals surface area contributed by atoms with Gasteiger partial charge in [0.2, 0.25) is 0 Å². The fourth-order valence-corrected chi connectivity index (χ4v) is 2.18. The third-order valence-corrected chi connectivity index (χ3v) is 3.08. The quantitative estimate of drug-likeness (QED) is 0.509. The third kappa shape index (κ3) is 5.64. The van der Waals surface area contributed by atoms with Gasteiger partial charge in [-0.15, -0.1) is 65.3 Å². The minimum atomic E-state index is 0. The molecule has 0 fully saturated rings. The Morgan fingerprint density at radius 1 is 1.10 bits per heavy atom. The first-order valence-corrected chi connectivity index (χ1v) is 6.04. The van der Waals surface area contributed by atoms with E-state index >= 15 is 0 Å². The summed E-state index contributed by atoms with van der Waals surface area (Å²) in [5.74, 6) is 0. The molecular formula is C17H20Cl2Zr. The monoisotopic (exact) mass is 384 g/mol. The van der Waals surface area contributed by atoms with Gasteiger partial charge in [0.15, 0.2) is 0 Å². The summed E-state index contributed by atoms with van der Waals surface area (Å²) in [4.78, 5) is 0. The van der Waals surface area contributed by atoms with Crippen LogP contribution in [0, 0.1) is 19.9 Å². The van der Waals surface area contributed by atoms with Crippen molar-refractivity contribution in [1.82, 2.24) is 0 Å². The average Bonchev–Trinajstić information content (AvgIpc) is 2.90. The van der Waals surface area contributed by atoms with Gasteiger partial charge in [-0.3, -0.25) is 6.08 Å². The molecule has 2 aromatic carbocycles. The van der Waals surface area contributed by atoms with Gasteiger partial charge in [-0.2, -0.15) is 18.2 Å². The molecule has 0 aliphatic heterocycles. The Morgan fingerprint density at radius 3 is 2.25 bits per heavy atom. The largest absolute Gasteiger partial charge is 2.00 e. The van der Waals surface area contributed by atoms with Crippen LogP contribution >= 0.6 is 24.8 Å². The van der Waals surface area contributed by atoms with Crippen molar-refractivity contribution < 1.29 is 26.2 Å². The van der Waals surface area contributed by atoms with Crippen LogP contribution in [-0.2, 0) is 26.2 Å². The van der Waals surface area contributed by atoms with Gasteiger partial charge < -0.3 is 0 Å². The summed E-state index contributed by atoms with van der Waals surface area (Å²) in [6, 6.07) is 10.8. The second-order valence-corrected chi connectivity index (χ2v) is 4.52. The first-order chi connectivity index (χ1) is 8.18. The molecule has 0 saturated heterocycles. The van der Waals surface area contributed by atoms with Crippen molar-refractivity contribution in [2.24, 2.45) is 0 Å². The van der Waals surface area contributed by atoms with Crippen molar-refractivity contribution in [3.63, 3.8) is 0 Å². The third-order valence-electron chi connectivity index (χ3n) is 3.08. The van der Waals surface area contributed by atoms with E-state index in [4.69, 9.17) is 0 Å². The maximum absolute atomic E-state index is 3.12. The molecule has 0 amide bonds. The zero-order chi connectivity index (χ0) is 12.3. The van der Waals surface area contributed by atoms with E-state index in [2.05, 4.69) is 69.3 Å². The van der Waals surface area contributed by atoms with E-state index in [0.29, 0.717) is 0 Å². The molecule has 0 unspecified atom stereocenters. The molecule has 106 valence electrons. The first kappa shape index (κ1) is 22.1. The molecule has 0 aromatic heterocycles. The van der Waals surface area contributed by atoms with Crippen LogP contribution in [0.15, 0.2) is 48.1 Å². The van der Waals surface area contributed by atoms with Crippen LogP contribution in [0.4, 0.5) is 0 Å². The molecule has 0 atom stereocenters. The van der Waals surface area contributed by atoms with Crippen LogP contribution in [0.2, 0.25) is 0 Å². The topological polar surface area (TPSA) is 0 Å². The van der Waals surface area contributed by atoms with Crippen LogP contribution in [-0.4, -0.2) is 0 Å². The molecule has 20 heavy (non-hydrogen) atoms. The number of rotatable bonds is 0. The van der Waals surface area contributed by atoms with E-state index in [-0.39, 0.29) is 51.0 Å². The molecule has 0 spiro atoms. The van der Waals surface area contributed by atoms with Crippen molar-refractivity contribution in [3.05, 3.63) is 65.3 Å². The van der Waals surface area contributed by atoms with E-state index < -0.39 is 0 Å². The smallest absolute Gasteiger partial charge is 0.270 e. The second kappa shape index (κ2) is 10.5. The van der Waals surface area contributed by atoms with Crippen LogP contribution in [0.25, 0.3) is 10.8 Å². The number of halogens is 2. The van der Waals surface area contributed by atoms with Crippen LogP contribution in [0.1, 0.15) is 24.5 Å². The van der Waals surface area contributed by atoms with Gasteiger partial charge in [0.25, 0.3) is 0 Å². The van der Waals surface area contributed by atoms with Gasteiger partial charge in [-0.05, 0) is 0 Å². The molecule has 1 aliphatic rings. The van der Waals surface area contributed by atoms with E-state index in [1.54, 1.807) is 0 Å². The molecule has 0 nitrogen and oxygen atoms in total. The van der Waals surface area contributed by atoms with E-state index in [9.17, 15) is 0 Å². The fourth-order valence-electron chi connectivity index (χ4n) is 2.18. The van der Waals surface area contributed by atoms with Gasteiger partial charge in [0.1, 0.15) is 0 Å². The summed E-state index contributed by atoms with van der Waals surface area (Å²) in [6.07, 6.45) is 8.33. The SMILES string of the molecule is CC1=[C-]CC=C1.Cc1cccc2cc[c-](C)c12.Cl.Cl.[Zr+2]. The fraction of sp³-hybridized carbons (Fsp3) is 0.235. The molecule has 0 N–H and O–H groups in total. The summed E-state index contributed by atoms with van der Waals surface area (Å²) < 4.78 is 0. The van der Waals surface area contributed by atoms with Crippen LogP contribution in [0.3, 0.4) is 0 Å². The van der Waals surface area contributed by atoms with Crippen molar-refractivity contribution in [2.75, 3.05) is 0 Å². The number of hydrogen-bond acceptors (Lipinski definition) is 0. The summed E-state index contributed by atoms with van der Waals surface area (Å²) in [5.41, 5.74) is 4.04. The minimum absolute atomic E-state index is 0. The Labute approximate surface area is 153 Å². The summed E-state index contributed by atoms with van der Waals surface area (Å²) in [5, 5.41) is 2.79. The van der Waals surface area contributed by atoms with Crippen molar-refractivity contribution in [3.8, 4) is 0 Å². The second-order valence-electron chi connectivity index (χ2n) is 4.52. The van der Waals surface area contributed by atoms with E-state index in [1.165, 1.54) is 27.5 Å². The molecular weight excluding hydrogens is 366 g/mol. The predicted octanol–water partition coefficient (Wildman–Crippen LogP) is 5.71. The summed E-state index contributed by atoms with van der Waals surface area (Å²) >= 11 is 0. The van der Waals surface area contributed by atoms with Crippen molar-refractivity contribution in [1.29, 1.82) is 0 Å². The van der Waals surface area contributed by atoms with Gasteiger partial charge in [0, 0.05) is 0 Å². The molecule has 3 heteroatoms. The maximum Gasteiger partial charge on any atom is 2.00 e.